The van der Waals surface area contributed by atoms with E-state index < -0.39 is 23.5 Å². The Morgan fingerprint density at radius 2 is 2.00 bits per heavy atom. The average molecular weight is 355 g/mol. The lowest BCUT2D eigenvalue weighted by Gasteiger charge is -2.26. The molecule has 0 bridgehead atoms. The largest absolute Gasteiger partial charge is 0.503 e. The van der Waals surface area contributed by atoms with Gasteiger partial charge in [-0.1, -0.05) is 29.8 Å². The highest BCUT2D eigenvalue weighted by atomic mass is 16.5. The second-order valence-electron chi connectivity index (χ2n) is 6.23. The molecule has 1 amide bonds. The van der Waals surface area contributed by atoms with Crippen LogP contribution in [0, 0.1) is 6.92 Å². The molecule has 1 aromatic heterocycles. The number of nitrogens with zero attached hydrogens (tertiary/aromatic N) is 1. The number of carbonyl (C=O) groups excluding carboxylic acids is 2. The van der Waals surface area contributed by atoms with Crippen molar-refractivity contribution >= 4 is 11.7 Å². The normalized spacial score (nSPS) is 17.2. The maximum absolute atomic E-state index is 12.9. The number of Topliss-reactive ketones (excluding diaryl/α,β-unsaturated/α-hetero) is 1. The van der Waals surface area contributed by atoms with E-state index in [1.165, 1.54) is 17.2 Å². The molecule has 1 atom stereocenters. The first-order valence-electron chi connectivity index (χ1n) is 8.42. The summed E-state index contributed by atoms with van der Waals surface area (Å²) in [5.41, 5.74) is 1.88. The lowest BCUT2D eigenvalue weighted by molar-refractivity contribution is -0.129. The molecule has 0 saturated carbocycles. The van der Waals surface area contributed by atoms with E-state index in [0.717, 1.165) is 11.1 Å². The number of furan rings is 1. The van der Waals surface area contributed by atoms with Gasteiger partial charge in [0.1, 0.15) is 0 Å². The van der Waals surface area contributed by atoms with Crippen LogP contribution >= 0.6 is 0 Å². The van der Waals surface area contributed by atoms with E-state index in [9.17, 15) is 14.7 Å². The summed E-state index contributed by atoms with van der Waals surface area (Å²) >= 11 is 0. The fourth-order valence-electron chi connectivity index (χ4n) is 3.13. The third-order valence-corrected chi connectivity index (χ3v) is 4.43. The molecular formula is C20H21NO5. The van der Waals surface area contributed by atoms with Gasteiger partial charge in [0.15, 0.2) is 11.5 Å². The van der Waals surface area contributed by atoms with Crippen LogP contribution in [0.5, 0.6) is 0 Å². The van der Waals surface area contributed by atoms with Crippen LogP contribution < -0.4 is 0 Å². The Labute approximate surface area is 151 Å². The highest BCUT2D eigenvalue weighted by Crippen LogP contribution is 2.39. The summed E-state index contributed by atoms with van der Waals surface area (Å²) in [4.78, 5) is 27.0. The van der Waals surface area contributed by atoms with E-state index in [4.69, 9.17) is 9.15 Å². The molecule has 1 N–H and O–H groups in total. The van der Waals surface area contributed by atoms with Crippen molar-refractivity contribution < 1.29 is 23.8 Å². The Hall–Kier alpha value is -2.86. The number of amides is 1. The van der Waals surface area contributed by atoms with Gasteiger partial charge in [0.05, 0.1) is 17.9 Å². The third kappa shape index (κ3) is 3.28. The van der Waals surface area contributed by atoms with Crippen LogP contribution in [-0.4, -0.2) is 42.0 Å². The molecule has 6 nitrogen and oxygen atoms in total. The first-order chi connectivity index (χ1) is 12.5. The quantitative estimate of drug-likeness (QED) is 0.609. The molecular weight excluding hydrogens is 334 g/mol. The van der Waals surface area contributed by atoms with E-state index in [-0.39, 0.29) is 11.3 Å². The number of aliphatic hydroxyl groups is 1. The first-order valence-corrected chi connectivity index (χ1v) is 8.42. The molecule has 2 aromatic rings. The maximum atomic E-state index is 12.9. The number of hydrogen-bond acceptors (Lipinski definition) is 5. The molecule has 0 fully saturated rings. The average Bonchev–Trinajstić information content (AvgIpc) is 3.25. The minimum atomic E-state index is -0.655. The zero-order valence-electron chi connectivity index (χ0n) is 14.8. The lowest BCUT2D eigenvalue weighted by atomic mass is 9.94. The number of benzene rings is 1. The number of aliphatic hydroxyl groups excluding tert-OH is 1. The SMILES string of the molecule is COCCCN1C(=O)C(O)=C(C(=O)c2ccco2)C1c1ccc(C)cc1. The van der Waals surface area contributed by atoms with E-state index in [1.807, 2.05) is 31.2 Å². The molecule has 0 aliphatic carbocycles. The van der Waals surface area contributed by atoms with Gasteiger partial charge in [-0.15, -0.1) is 0 Å². The summed E-state index contributed by atoms with van der Waals surface area (Å²) in [6.45, 7) is 2.80. The molecule has 0 saturated heterocycles. The topological polar surface area (TPSA) is 80.0 Å². The zero-order chi connectivity index (χ0) is 18.7. The van der Waals surface area contributed by atoms with Gasteiger partial charge in [-0.3, -0.25) is 9.59 Å². The van der Waals surface area contributed by atoms with Crippen molar-refractivity contribution in [3.63, 3.8) is 0 Å². The first kappa shape index (κ1) is 17.9. The molecule has 2 heterocycles. The molecule has 136 valence electrons. The maximum Gasteiger partial charge on any atom is 0.290 e. The molecule has 1 aliphatic heterocycles. The summed E-state index contributed by atoms with van der Waals surface area (Å²) in [6.07, 6.45) is 1.99. The van der Waals surface area contributed by atoms with Crippen LogP contribution in [0.15, 0.2) is 58.4 Å². The van der Waals surface area contributed by atoms with Crippen LogP contribution in [0.2, 0.25) is 0 Å². The zero-order valence-corrected chi connectivity index (χ0v) is 14.8. The van der Waals surface area contributed by atoms with E-state index in [1.54, 1.807) is 13.2 Å². The summed E-state index contributed by atoms with van der Waals surface area (Å²) in [5, 5.41) is 10.4. The lowest BCUT2D eigenvalue weighted by Crippen LogP contribution is -2.32. The predicted molar refractivity (Wildman–Crippen MR) is 94.8 cm³/mol. The highest BCUT2D eigenvalue weighted by molar-refractivity contribution is 6.14. The van der Waals surface area contributed by atoms with Gasteiger partial charge in [0, 0.05) is 20.3 Å². The molecule has 1 aromatic carbocycles. The number of ketones is 1. The van der Waals surface area contributed by atoms with Crippen molar-refractivity contribution in [2.24, 2.45) is 0 Å². The number of ether oxygens (including phenoxy) is 1. The summed E-state index contributed by atoms with van der Waals surface area (Å²) in [6, 6.07) is 10.0. The Kier molecular flexibility index (Phi) is 5.23. The third-order valence-electron chi connectivity index (χ3n) is 4.43. The van der Waals surface area contributed by atoms with Gasteiger partial charge in [-0.2, -0.15) is 0 Å². The van der Waals surface area contributed by atoms with Crippen LogP contribution in [-0.2, 0) is 9.53 Å². The van der Waals surface area contributed by atoms with Gasteiger partial charge in [-0.25, -0.2) is 0 Å². The van der Waals surface area contributed by atoms with Crippen molar-refractivity contribution in [3.8, 4) is 0 Å². The summed E-state index contributed by atoms with van der Waals surface area (Å²) in [7, 11) is 1.59. The Morgan fingerprint density at radius 3 is 2.62 bits per heavy atom. The van der Waals surface area contributed by atoms with Crippen molar-refractivity contribution in [2.45, 2.75) is 19.4 Å². The molecule has 1 aliphatic rings. The van der Waals surface area contributed by atoms with Crippen molar-refractivity contribution in [1.82, 2.24) is 4.90 Å². The molecule has 26 heavy (non-hydrogen) atoms. The van der Waals surface area contributed by atoms with Crippen molar-refractivity contribution in [2.75, 3.05) is 20.3 Å². The van der Waals surface area contributed by atoms with Gasteiger partial charge in [0.2, 0.25) is 5.78 Å². The Bertz CT molecular complexity index is 820. The predicted octanol–water partition coefficient (Wildman–Crippen LogP) is 3.20. The van der Waals surface area contributed by atoms with E-state index in [2.05, 4.69) is 0 Å². The fraction of sp³-hybridized carbons (Fsp3) is 0.300. The minimum Gasteiger partial charge on any atom is -0.503 e. The van der Waals surface area contributed by atoms with E-state index >= 15 is 0 Å². The number of carbonyl (C=O) groups is 2. The van der Waals surface area contributed by atoms with Crippen molar-refractivity contribution in [1.29, 1.82) is 0 Å². The molecule has 0 radical (unpaired) electrons. The molecule has 1 unspecified atom stereocenters. The van der Waals surface area contributed by atoms with Gasteiger partial charge in [-0.05, 0) is 31.0 Å². The second kappa shape index (κ2) is 7.58. The monoisotopic (exact) mass is 355 g/mol. The molecule has 0 spiro atoms. The number of methoxy groups -OCH3 is 1. The smallest absolute Gasteiger partial charge is 0.290 e. The minimum absolute atomic E-state index is 0.0474. The molecule has 6 heteroatoms. The number of hydrogen-bond donors (Lipinski definition) is 1. The standard InChI is InChI=1S/C20H21NO5/c1-13-6-8-14(9-7-13)17-16(18(22)15-5-3-12-26-15)19(23)20(24)21(17)10-4-11-25-2/h3,5-9,12,17,23H,4,10-11H2,1-2H3. The summed E-state index contributed by atoms with van der Waals surface area (Å²) < 4.78 is 10.2. The van der Waals surface area contributed by atoms with Crippen molar-refractivity contribution in [3.05, 3.63) is 70.9 Å². The van der Waals surface area contributed by atoms with Crippen LogP contribution in [0.1, 0.15) is 34.1 Å². The second-order valence-corrected chi connectivity index (χ2v) is 6.23. The molecule has 3 rings (SSSR count). The Balaban J connectivity index is 2.02. The number of rotatable bonds is 7. The number of aryl methyl sites for hydroxylation is 1. The van der Waals surface area contributed by atoms with Crippen LogP contribution in [0.25, 0.3) is 0 Å². The summed E-state index contributed by atoms with van der Waals surface area (Å²) in [5.74, 6) is -1.47. The Morgan fingerprint density at radius 1 is 1.27 bits per heavy atom. The van der Waals surface area contributed by atoms with Gasteiger partial charge in [0.25, 0.3) is 5.91 Å². The fourth-order valence-corrected chi connectivity index (χ4v) is 3.13. The van der Waals surface area contributed by atoms with E-state index in [0.29, 0.717) is 19.6 Å². The van der Waals surface area contributed by atoms with Gasteiger partial charge < -0.3 is 19.2 Å². The highest BCUT2D eigenvalue weighted by Gasteiger charge is 2.44. The van der Waals surface area contributed by atoms with Gasteiger partial charge >= 0.3 is 0 Å². The van der Waals surface area contributed by atoms with Crippen LogP contribution in [0.3, 0.4) is 0 Å². The van der Waals surface area contributed by atoms with Crippen LogP contribution in [0.4, 0.5) is 0 Å².